The zero-order valence-electron chi connectivity index (χ0n) is 35.9. The molecule has 0 saturated carbocycles. The highest BCUT2D eigenvalue weighted by atomic mass is 32.2. The van der Waals surface area contributed by atoms with Crippen LogP contribution in [-0.4, -0.2) is 81.3 Å². The lowest BCUT2D eigenvalue weighted by Gasteiger charge is -2.23. The summed E-state index contributed by atoms with van der Waals surface area (Å²) in [7, 11) is -1.50. The van der Waals surface area contributed by atoms with E-state index in [0.717, 1.165) is 142 Å². The van der Waals surface area contributed by atoms with Gasteiger partial charge in [0.2, 0.25) is 10.0 Å². The van der Waals surface area contributed by atoms with Crippen molar-refractivity contribution >= 4 is 22.0 Å². The molecule has 53 heavy (non-hydrogen) atoms. The van der Waals surface area contributed by atoms with Gasteiger partial charge in [0.05, 0.1) is 6.26 Å². The molecule has 0 aromatic rings. The third-order valence-corrected chi connectivity index (χ3v) is 11.9. The summed E-state index contributed by atoms with van der Waals surface area (Å²) in [6.45, 7) is 12.3. The standard InChI is InChI=1S/C44H88N2O6S/c1-7-11-14-18-25-33-41(31-10-4)51-43(47)35-26-19-16-21-28-38-46(40-30-37-45(5)53(6,49)50)39-29-22-17-20-27-36-44(48)52-42(32-23-13-9-3)34-24-15-12-8-2/h41-42H,7-40H2,1-6H3. The predicted octanol–water partition coefficient (Wildman–Crippen LogP) is 11.8. The SMILES string of the molecule is CCCCCCCC(CCC)OC(=O)CCCCCCCN(CCCCCCCC(=O)OC(CCCCC)CCCCCC)CCCN(C)S(C)(=O)=O. The minimum atomic E-state index is -3.16. The van der Waals surface area contributed by atoms with Gasteiger partial charge in [0.15, 0.2) is 0 Å². The number of hydrogen-bond donors (Lipinski definition) is 0. The summed E-state index contributed by atoms with van der Waals surface area (Å²) in [4.78, 5) is 27.6. The molecule has 0 radical (unpaired) electrons. The highest BCUT2D eigenvalue weighted by Crippen LogP contribution is 2.18. The molecule has 0 bridgehead atoms. The largest absolute Gasteiger partial charge is 0.462 e. The van der Waals surface area contributed by atoms with Gasteiger partial charge >= 0.3 is 11.9 Å². The van der Waals surface area contributed by atoms with E-state index in [-0.39, 0.29) is 24.1 Å². The average molecular weight is 773 g/mol. The second kappa shape index (κ2) is 36.4. The van der Waals surface area contributed by atoms with Crippen molar-refractivity contribution in [3.8, 4) is 0 Å². The van der Waals surface area contributed by atoms with Crippen LogP contribution in [0.4, 0.5) is 0 Å². The van der Waals surface area contributed by atoms with Crippen LogP contribution >= 0.6 is 0 Å². The average Bonchev–Trinajstić information content (AvgIpc) is 3.11. The molecular weight excluding hydrogens is 685 g/mol. The minimum Gasteiger partial charge on any atom is -0.462 e. The van der Waals surface area contributed by atoms with Crippen LogP contribution in [0.2, 0.25) is 0 Å². The summed E-state index contributed by atoms with van der Waals surface area (Å²) in [6.07, 6.45) is 33.6. The second-order valence-electron chi connectivity index (χ2n) is 15.9. The summed E-state index contributed by atoms with van der Waals surface area (Å²) in [5, 5.41) is 0. The summed E-state index contributed by atoms with van der Waals surface area (Å²) >= 11 is 0. The lowest BCUT2D eigenvalue weighted by molar-refractivity contribution is -0.151. The van der Waals surface area contributed by atoms with Gasteiger partial charge in [-0.25, -0.2) is 12.7 Å². The van der Waals surface area contributed by atoms with Crippen LogP contribution in [0.5, 0.6) is 0 Å². The Bertz CT molecular complexity index is 946. The molecule has 9 heteroatoms. The number of sulfonamides is 1. The number of carbonyl (C=O) groups excluding carboxylic acids is 2. The molecule has 0 aliphatic heterocycles. The van der Waals surface area contributed by atoms with E-state index in [2.05, 4.69) is 32.6 Å². The third kappa shape index (κ3) is 33.8. The highest BCUT2D eigenvalue weighted by Gasteiger charge is 2.16. The first kappa shape index (κ1) is 51.8. The first-order valence-electron chi connectivity index (χ1n) is 22.6. The van der Waals surface area contributed by atoms with Crippen molar-refractivity contribution in [1.82, 2.24) is 9.21 Å². The number of hydrogen-bond acceptors (Lipinski definition) is 7. The Hall–Kier alpha value is -1.19. The Kier molecular flexibility index (Phi) is 35.6. The van der Waals surface area contributed by atoms with Gasteiger partial charge < -0.3 is 14.4 Å². The smallest absolute Gasteiger partial charge is 0.306 e. The Balaban J connectivity index is 4.45. The van der Waals surface area contributed by atoms with Crippen LogP contribution in [0.3, 0.4) is 0 Å². The third-order valence-electron chi connectivity index (χ3n) is 10.6. The topological polar surface area (TPSA) is 93.2 Å². The Labute approximate surface area is 329 Å². The minimum absolute atomic E-state index is 0.0173. The molecular formula is C44H88N2O6S. The molecule has 2 atom stereocenters. The van der Waals surface area contributed by atoms with Crippen molar-refractivity contribution in [2.24, 2.45) is 0 Å². The summed E-state index contributed by atoms with van der Waals surface area (Å²) in [5.74, 6) is -0.0435. The molecule has 0 aliphatic rings. The monoisotopic (exact) mass is 773 g/mol. The number of ether oxygens (including phenoxy) is 2. The maximum absolute atomic E-state index is 12.6. The molecule has 0 spiro atoms. The van der Waals surface area contributed by atoms with Crippen LogP contribution in [0.1, 0.15) is 220 Å². The van der Waals surface area contributed by atoms with Gasteiger partial charge in [-0.2, -0.15) is 0 Å². The van der Waals surface area contributed by atoms with Gasteiger partial charge in [0, 0.05) is 26.4 Å². The number of rotatable bonds is 40. The molecule has 0 aromatic heterocycles. The molecule has 0 heterocycles. The second-order valence-corrected chi connectivity index (χ2v) is 18.0. The van der Waals surface area contributed by atoms with Crippen molar-refractivity contribution in [2.45, 2.75) is 233 Å². The lowest BCUT2D eigenvalue weighted by Crippen LogP contribution is -2.32. The van der Waals surface area contributed by atoms with Crippen molar-refractivity contribution in [2.75, 3.05) is 39.5 Å². The summed E-state index contributed by atoms with van der Waals surface area (Å²) in [6, 6.07) is 0. The van der Waals surface area contributed by atoms with E-state index in [1.807, 2.05) is 0 Å². The maximum atomic E-state index is 12.6. The predicted molar refractivity (Wildman–Crippen MR) is 225 cm³/mol. The van der Waals surface area contributed by atoms with Crippen LogP contribution in [0, 0.1) is 0 Å². The number of esters is 2. The van der Waals surface area contributed by atoms with Gasteiger partial charge in [-0.3, -0.25) is 9.59 Å². The molecule has 0 aliphatic carbocycles. The van der Waals surface area contributed by atoms with Gasteiger partial charge in [-0.1, -0.05) is 130 Å². The van der Waals surface area contributed by atoms with Crippen LogP contribution < -0.4 is 0 Å². The summed E-state index contributed by atoms with van der Waals surface area (Å²) < 4.78 is 36.9. The summed E-state index contributed by atoms with van der Waals surface area (Å²) in [5.41, 5.74) is 0. The lowest BCUT2D eigenvalue weighted by atomic mass is 10.0. The highest BCUT2D eigenvalue weighted by molar-refractivity contribution is 7.88. The van der Waals surface area contributed by atoms with E-state index in [9.17, 15) is 18.0 Å². The molecule has 0 saturated heterocycles. The van der Waals surface area contributed by atoms with Gasteiger partial charge in [-0.15, -0.1) is 0 Å². The van der Waals surface area contributed by atoms with Crippen LogP contribution in [0.15, 0.2) is 0 Å². The number of carbonyl (C=O) groups is 2. The fourth-order valence-corrected chi connectivity index (χ4v) is 7.48. The van der Waals surface area contributed by atoms with Gasteiger partial charge in [0.1, 0.15) is 12.2 Å². The van der Waals surface area contributed by atoms with E-state index in [0.29, 0.717) is 19.4 Å². The maximum Gasteiger partial charge on any atom is 0.306 e. The van der Waals surface area contributed by atoms with E-state index >= 15 is 0 Å². The Morgan fingerprint density at radius 3 is 1.28 bits per heavy atom. The fourth-order valence-electron chi connectivity index (χ4n) is 7.02. The molecule has 316 valence electrons. The molecule has 0 amide bonds. The van der Waals surface area contributed by atoms with E-state index in [1.165, 1.54) is 68.3 Å². The van der Waals surface area contributed by atoms with E-state index < -0.39 is 10.0 Å². The van der Waals surface area contributed by atoms with Crippen molar-refractivity contribution < 1.29 is 27.5 Å². The molecule has 0 fully saturated rings. The normalized spacial score (nSPS) is 13.1. The fraction of sp³-hybridized carbons (Fsp3) is 0.955. The van der Waals surface area contributed by atoms with E-state index in [4.69, 9.17) is 9.47 Å². The molecule has 0 N–H and O–H groups in total. The van der Waals surface area contributed by atoms with Crippen molar-refractivity contribution in [3.05, 3.63) is 0 Å². The molecule has 2 unspecified atom stereocenters. The quantitative estimate of drug-likeness (QED) is 0.0452. The van der Waals surface area contributed by atoms with Gasteiger partial charge in [-0.05, 0) is 96.7 Å². The van der Waals surface area contributed by atoms with Gasteiger partial charge in [0.25, 0.3) is 0 Å². The van der Waals surface area contributed by atoms with Crippen LogP contribution in [0.25, 0.3) is 0 Å². The Morgan fingerprint density at radius 1 is 0.453 bits per heavy atom. The Morgan fingerprint density at radius 2 is 0.811 bits per heavy atom. The first-order valence-corrected chi connectivity index (χ1v) is 24.4. The first-order chi connectivity index (χ1) is 25.6. The molecule has 0 aromatic carbocycles. The number of unbranched alkanes of at least 4 members (excludes halogenated alkanes) is 17. The zero-order chi connectivity index (χ0) is 39.4. The zero-order valence-corrected chi connectivity index (χ0v) is 36.8. The molecule has 8 nitrogen and oxygen atoms in total. The van der Waals surface area contributed by atoms with Crippen molar-refractivity contribution in [3.63, 3.8) is 0 Å². The number of nitrogens with zero attached hydrogens (tertiary/aromatic N) is 2. The van der Waals surface area contributed by atoms with E-state index in [1.54, 1.807) is 7.05 Å². The van der Waals surface area contributed by atoms with Crippen molar-refractivity contribution in [1.29, 1.82) is 0 Å². The molecule has 0 rings (SSSR count). The van der Waals surface area contributed by atoms with Crippen LogP contribution in [-0.2, 0) is 29.1 Å².